The van der Waals surface area contributed by atoms with E-state index in [2.05, 4.69) is 11.1 Å². The highest BCUT2D eigenvalue weighted by Crippen LogP contribution is 1.84. The van der Waals surface area contributed by atoms with E-state index in [1.165, 1.54) is 0 Å². The fourth-order valence-corrected chi connectivity index (χ4v) is 0.710. The molecule has 0 spiro atoms. The summed E-state index contributed by atoms with van der Waals surface area (Å²) < 4.78 is 0. The molecule has 16 heavy (non-hydrogen) atoms. The molecular formula is C10H15N3O3. The summed E-state index contributed by atoms with van der Waals surface area (Å²) in [6.45, 7) is 0. The molecule has 0 aliphatic carbocycles. The molecule has 1 atom stereocenters. The SMILES string of the molecule is C1=CC=CNC=C1.NC(=O)CC(N)C(=O)O. The first-order valence-electron chi connectivity index (χ1n) is 4.55. The normalized spacial score (nSPS) is 14.1. The van der Waals surface area contributed by atoms with Crippen LogP contribution in [-0.2, 0) is 9.59 Å². The van der Waals surface area contributed by atoms with Crippen molar-refractivity contribution in [2.75, 3.05) is 0 Å². The van der Waals surface area contributed by atoms with Crippen molar-refractivity contribution in [3.63, 3.8) is 0 Å². The minimum atomic E-state index is -1.21. The molecule has 0 saturated carbocycles. The molecule has 6 heteroatoms. The van der Waals surface area contributed by atoms with Crippen molar-refractivity contribution in [3.8, 4) is 0 Å². The number of hydrogen-bond donors (Lipinski definition) is 4. The third-order valence-corrected chi connectivity index (χ3v) is 1.46. The average molecular weight is 225 g/mol. The van der Waals surface area contributed by atoms with E-state index < -0.39 is 17.9 Å². The van der Waals surface area contributed by atoms with Gasteiger partial charge in [-0.3, -0.25) is 9.59 Å². The number of allylic oxidation sites excluding steroid dienone is 4. The van der Waals surface area contributed by atoms with Gasteiger partial charge in [-0.1, -0.05) is 12.2 Å². The summed E-state index contributed by atoms with van der Waals surface area (Å²) in [5.74, 6) is -1.92. The second-order valence-electron chi connectivity index (χ2n) is 2.88. The van der Waals surface area contributed by atoms with Crippen molar-refractivity contribution >= 4 is 11.9 Å². The molecule has 1 unspecified atom stereocenters. The molecule has 1 aliphatic rings. The topological polar surface area (TPSA) is 118 Å². The van der Waals surface area contributed by atoms with Crippen LogP contribution in [0, 0.1) is 0 Å². The van der Waals surface area contributed by atoms with Crippen LogP contribution in [-0.4, -0.2) is 23.0 Å². The quantitative estimate of drug-likeness (QED) is 0.513. The molecule has 6 N–H and O–H groups in total. The highest BCUT2D eigenvalue weighted by molar-refractivity contribution is 5.83. The maximum Gasteiger partial charge on any atom is 0.321 e. The van der Waals surface area contributed by atoms with E-state index >= 15 is 0 Å². The lowest BCUT2D eigenvalue weighted by Crippen LogP contribution is -2.34. The van der Waals surface area contributed by atoms with Crippen molar-refractivity contribution in [3.05, 3.63) is 36.7 Å². The van der Waals surface area contributed by atoms with E-state index in [9.17, 15) is 9.59 Å². The summed E-state index contributed by atoms with van der Waals surface area (Å²) in [7, 11) is 0. The Kier molecular flexibility index (Phi) is 7.17. The standard InChI is InChI=1S/C6H7N.C4H8N2O3/c1-2-4-6-7-5-3-1;5-2(4(8)9)1-3(6)7/h1-7H;2H,1,5H2,(H2,6,7)(H,8,9). The number of carboxylic acid groups (broad SMARTS) is 1. The Hall–Kier alpha value is -2.08. The summed E-state index contributed by atoms with van der Waals surface area (Å²) in [6, 6.07) is -1.16. The number of nitrogens with two attached hydrogens (primary N) is 2. The van der Waals surface area contributed by atoms with Crippen molar-refractivity contribution in [2.24, 2.45) is 11.5 Å². The van der Waals surface area contributed by atoms with Crippen LogP contribution in [0.25, 0.3) is 0 Å². The number of carboxylic acids is 1. The second-order valence-corrected chi connectivity index (χ2v) is 2.88. The predicted molar refractivity (Wildman–Crippen MR) is 60.0 cm³/mol. The highest BCUT2D eigenvalue weighted by atomic mass is 16.4. The van der Waals surface area contributed by atoms with Gasteiger partial charge in [0.05, 0.1) is 6.42 Å². The van der Waals surface area contributed by atoms with Gasteiger partial charge in [0.25, 0.3) is 0 Å². The van der Waals surface area contributed by atoms with Crippen LogP contribution in [0.15, 0.2) is 36.7 Å². The Balaban J connectivity index is 0.000000288. The minimum absolute atomic E-state index is 0.310. The number of carbonyl (C=O) groups is 2. The van der Waals surface area contributed by atoms with Crippen molar-refractivity contribution < 1.29 is 14.7 Å². The monoisotopic (exact) mass is 225 g/mol. The predicted octanol–water partition coefficient (Wildman–Crippen LogP) is -0.553. The number of amides is 1. The molecule has 6 nitrogen and oxygen atoms in total. The Morgan fingerprint density at radius 1 is 1.19 bits per heavy atom. The molecule has 1 amide bonds. The third-order valence-electron chi connectivity index (χ3n) is 1.46. The number of rotatable bonds is 3. The van der Waals surface area contributed by atoms with Gasteiger partial charge in [0, 0.05) is 12.4 Å². The Morgan fingerprint density at radius 2 is 1.69 bits per heavy atom. The molecular weight excluding hydrogens is 210 g/mol. The first-order chi connectivity index (χ1) is 7.54. The molecule has 88 valence electrons. The molecule has 0 aromatic carbocycles. The maximum atomic E-state index is 9.99. The van der Waals surface area contributed by atoms with Crippen molar-refractivity contribution in [1.29, 1.82) is 0 Å². The Labute approximate surface area is 93.3 Å². The van der Waals surface area contributed by atoms with Gasteiger partial charge in [-0.15, -0.1) is 0 Å². The molecule has 0 saturated heterocycles. The molecule has 0 fully saturated rings. The summed E-state index contributed by atoms with van der Waals surface area (Å²) in [4.78, 5) is 19.9. The van der Waals surface area contributed by atoms with Gasteiger partial charge >= 0.3 is 5.97 Å². The molecule has 0 aromatic rings. The van der Waals surface area contributed by atoms with Gasteiger partial charge in [-0.2, -0.15) is 0 Å². The maximum absolute atomic E-state index is 9.99. The number of carbonyl (C=O) groups excluding carboxylic acids is 1. The van der Waals surface area contributed by atoms with Gasteiger partial charge in [0.2, 0.25) is 5.91 Å². The largest absolute Gasteiger partial charge is 0.480 e. The van der Waals surface area contributed by atoms with E-state index in [0.29, 0.717) is 0 Å². The third kappa shape index (κ3) is 8.52. The number of hydrogen-bond acceptors (Lipinski definition) is 4. The first kappa shape index (κ1) is 13.9. The van der Waals surface area contributed by atoms with E-state index in [-0.39, 0.29) is 6.42 Å². The van der Waals surface area contributed by atoms with Crippen LogP contribution in [0.2, 0.25) is 0 Å². The lowest BCUT2D eigenvalue weighted by atomic mass is 10.2. The van der Waals surface area contributed by atoms with Gasteiger partial charge in [0.15, 0.2) is 0 Å². The van der Waals surface area contributed by atoms with E-state index in [4.69, 9.17) is 10.8 Å². The average Bonchev–Trinajstić information content (AvgIpc) is 2.48. The highest BCUT2D eigenvalue weighted by Gasteiger charge is 2.13. The fraction of sp³-hybridized carbons (Fsp3) is 0.200. The molecule has 0 radical (unpaired) electrons. The smallest absolute Gasteiger partial charge is 0.321 e. The number of aliphatic carboxylic acids is 1. The molecule has 1 rings (SSSR count). The fourth-order valence-electron chi connectivity index (χ4n) is 0.710. The molecule has 1 aliphatic heterocycles. The summed E-state index contributed by atoms with van der Waals surface area (Å²) in [5.41, 5.74) is 9.57. The van der Waals surface area contributed by atoms with Crippen LogP contribution < -0.4 is 16.8 Å². The number of nitrogens with one attached hydrogen (secondary N) is 1. The van der Waals surface area contributed by atoms with Crippen LogP contribution in [0.4, 0.5) is 0 Å². The van der Waals surface area contributed by atoms with E-state index in [0.717, 1.165) is 0 Å². The van der Waals surface area contributed by atoms with Crippen LogP contribution in [0.5, 0.6) is 0 Å². The van der Waals surface area contributed by atoms with Crippen LogP contribution >= 0.6 is 0 Å². The molecule has 0 aromatic heterocycles. The van der Waals surface area contributed by atoms with Gasteiger partial charge in [-0.25, -0.2) is 0 Å². The first-order valence-corrected chi connectivity index (χ1v) is 4.55. The van der Waals surface area contributed by atoms with Crippen molar-refractivity contribution in [2.45, 2.75) is 12.5 Å². The van der Waals surface area contributed by atoms with E-state index in [1.807, 2.05) is 36.7 Å². The van der Waals surface area contributed by atoms with Gasteiger partial charge < -0.3 is 21.9 Å². The van der Waals surface area contributed by atoms with Gasteiger partial charge in [0.1, 0.15) is 6.04 Å². The molecule has 1 heterocycles. The lowest BCUT2D eigenvalue weighted by molar-refractivity contribution is -0.140. The Morgan fingerprint density at radius 3 is 2.00 bits per heavy atom. The number of primary amides is 1. The minimum Gasteiger partial charge on any atom is -0.480 e. The van der Waals surface area contributed by atoms with Gasteiger partial charge in [-0.05, 0) is 12.2 Å². The molecule has 0 bridgehead atoms. The van der Waals surface area contributed by atoms with E-state index in [1.54, 1.807) is 0 Å². The van der Waals surface area contributed by atoms with Crippen LogP contribution in [0.3, 0.4) is 0 Å². The van der Waals surface area contributed by atoms with Crippen molar-refractivity contribution in [1.82, 2.24) is 5.32 Å². The summed E-state index contributed by atoms with van der Waals surface area (Å²) >= 11 is 0. The zero-order chi connectivity index (χ0) is 12.4. The second kappa shape index (κ2) is 8.25. The van der Waals surface area contributed by atoms with Crippen LogP contribution in [0.1, 0.15) is 6.42 Å². The zero-order valence-electron chi connectivity index (χ0n) is 8.67. The Bertz CT molecular complexity index is 307. The lowest BCUT2D eigenvalue weighted by Gasteiger charge is -1.99. The summed E-state index contributed by atoms with van der Waals surface area (Å²) in [5, 5.41) is 11.0. The summed E-state index contributed by atoms with van der Waals surface area (Å²) in [6.07, 6.45) is 11.3. The zero-order valence-corrected chi connectivity index (χ0v) is 8.67.